The summed E-state index contributed by atoms with van der Waals surface area (Å²) >= 11 is 3.24. The third kappa shape index (κ3) is 2.76. The van der Waals surface area contributed by atoms with Crippen LogP contribution in [0, 0.1) is 12.7 Å². The molecule has 1 heterocycles. The highest BCUT2D eigenvalue weighted by Gasteiger charge is 2.09. The van der Waals surface area contributed by atoms with E-state index in [-0.39, 0.29) is 5.82 Å². The van der Waals surface area contributed by atoms with Crippen LogP contribution in [0.15, 0.2) is 28.9 Å². The molecule has 18 heavy (non-hydrogen) atoms. The maximum absolute atomic E-state index is 13.0. The second kappa shape index (κ2) is 5.30. The summed E-state index contributed by atoms with van der Waals surface area (Å²) in [5, 5.41) is 2.83. The molecule has 0 spiro atoms. The number of nitrogens with one attached hydrogen (secondary N) is 1. The second-order valence-corrected chi connectivity index (χ2v) is 4.46. The zero-order valence-corrected chi connectivity index (χ0v) is 11.5. The van der Waals surface area contributed by atoms with Crippen LogP contribution in [0.25, 0.3) is 0 Å². The Labute approximate surface area is 112 Å². The number of nitrogens with zero attached hydrogens (tertiary/aromatic N) is 2. The van der Waals surface area contributed by atoms with Crippen LogP contribution in [-0.4, -0.2) is 17.0 Å². The van der Waals surface area contributed by atoms with Crippen LogP contribution in [0.2, 0.25) is 0 Å². The van der Waals surface area contributed by atoms with E-state index in [0.29, 0.717) is 22.1 Å². The normalized spacial score (nSPS) is 10.2. The van der Waals surface area contributed by atoms with Crippen LogP contribution in [0.5, 0.6) is 11.6 Å². The molecule has 1 aromatic carbocycles. The molecule has 0 saturated carbocycles. The second-order valence-electron chi connectivity index (χ2n) is 3.61. The Morgan fingerprint density at radius 3 is 2.83 bits per heavy atom. The molecule has 6 heteroatoms. The monoisotopic (exact) mass is 311 g/mol. The third-order valence-corrected chi connectivity index (χ3v) is 2.87. The van der Waals surface area contributed by atoms with Gasteiger partial charge in [0.25, 0.3) is 0 Å². The first-order valence-electron chi connectivity index (χ1n) is 5.24. The number of rotatable bonds is 3. The Balaban J connectivity index is 2.33. The molecule has 0 unspecified atom stereocenters. The van der Waals surface area contributed by atoms with Gasteiger partial charge in [-0.15, -0.1) is 0 Å². The average Bonchev–Trinajstić information content (AvgIpc) is 2.35. The Hall–Kier alpha value is -1.69. The van der Waals surface area contributed by atoms with Crippen molar-refractivity contribution in [1.82, 2.24) is 9.97 Å². The van der Waals surface area contributed by atoms with Gasteiger partial charge in [0.1, 0.15) is 11.6 Å². The van der Waals surface area contributed by atoms with E-state index in [1.807, 2.05) is 6.92 Å². The first kappa shape index (κ1) is 12.8. The number of halogens is 2. The molecule has 4 nitrogen and oxygen atoms in total. The number of hydrogen-bond donors (Lipinski definition) is 1. The van der Waals surface area contributed by atoms with Gasteiger partial charge in [0.2, 0.25) is 11.8 Å². The lowest BCUT2D eigenvalue weighted by Gasteiger charge is -2.10. The first-order valence-corrected chi connectivity index (χ1v) is 6.03. The van der Waals surface area contributed by atoms with Crippen LogP contribution in [0.3, 0.4) is 0 Å². The van der Waals surface area contributed by atoms with Crippen LogP contribution in [0.4, 0.5) is 10.3 Å². The summed E-state index contributed by atoms with van der Waals surface area (Å²) < 4.78 is 19.1. The number of aromatic nitrogens is 2. The molecule has 94 valence electrons. The number of aryl methyl sites for hydroxylation is 1. The highest BCUT2D eigenvalue weighted by molar-refractivity contribution is 9.10. The van der Waals surface area contributed by atoms with E-state index < -0.39 is 0 Å². The molecular weight excluding hydrogens is 301 g/mol. The van der Waals surface area contributed by atoms with Crippen LogP contribution < -0.4 is 10.1 Å². The molecule has 0 radical (unpaired) electrons. The van der Waals surface area contributed by atoms with E-state index in [0.717, 1.165) is 5.56 Å². The van der Waals surface area contributed by atoms with E-state index >= 15 is 0 Å². The standard InChI is InChI=1S/C12H11BrFN3O/c1-7-6-16-12(15-2)17-11(7)18-10-4-3-8(14)5-9(10)13/h3-6H,1-2H3,(H,15,16,17). The van der Waals surface area contributed by atoms with Crippen molar-refractivity contribution in [1.29, 1.82) is 0 Å². The van der Waals surface area contributed by atoms with Crippen molar-refractivity contribution in [3.63, 3.8) is 0 Å². The molecule has 1 aromatic heterocycles. The summed E-state index contributed by atoms with van der Waals surface area (Å²) in [6, 6.07) is 4.21. The quantitative estimate of drug-likeness (QED) is 0.942. The predicted octanol–water partition coefficient (Wildman–Crippen LogP) is 3.52. The highest BCUT2D eigenvalue weighted by atomic mass is 79.9. The summed E-state index contributed by atoms with van der Waals surface area (Å²) in [5.74, 6) is 1.07. The van der Waals surface area contributed by atoms with Gasteiger partial charge in [-0.3, -0.25) is 0 Å². The smallest absolute Gasteiger partial charge is 0.227 e. The van der Waals surface area contributed by atoms with Gasteiger partial charge in [-0.2, -0.15) is 4.98 Å². The Bertz CT molecular complexity index is 577. The predicted molar refractivity (Wildman–Crippen MR) is 70.5 cm³/mol. The molecule has 0 saturated heterocycles. The van der Waals surface area contributed by atoms with Gasteiger partial charge in [-0.25, -0.2) is 9.37 Å². The first-order chi connectivity index (χ1) is 8.60. The molecular formula is C12H11BrFN3O. The van der Waals surface area contributed by atoms with Crippen LogP contribution >= 0.6 is 15.9 Å². The number of ether oxygens (including phenoxy) is 1. The van der Waals surface area contributed by atoms with Crippen LogP contribution in [-0.2, 0) is 0 Å². The molecule has 2 aromatic rings. The van der Waals surface area contributed by atoms with E-state index in [9.17, 15) is 4.39 Å². The van der Waals surface area contributed by atoms with Crippen molar-refractivity contribution in [3.05, 3.63) is 40.2 Å². The van der Waals surface area contributed by atoms with Crippen molar-refractivity contribution in [2.45, 2.75) is 6.92 Å². The Morgan fingerprint density at radius 1 is 1.39 bits per heavy atom. The molecule has 0 bridgehead atoms. The Morgan fingerprint density at radius 2 is 2.17 bits per heavy atom. The lowest BCUT2D eigenvalue weighted by molar-refractivity contribution is 0.453. The lowest BCUT2D eigenvalue weighted by atomic mass is 10.3. The van der Waals surface area contributed by atoms with E-state index in [1.54, 1.807) is 19.3 Å². The van der Waals surface area contributed by atoms with E-state index in [4.69, 9.17) is 4.74 Å². The minimum Gasteiger partial charge on any atom is -0.437 e. The van der Waals surface area contributed by atoms with Gasteiger partial charge in [0.15, 0.2) is 0 Å². The minimum atomic E-state index is -0.329. The SMILES string of the molecule is CNc1ncc(C)c(Oc2ccc(F)cc2Br)n1. The average molecular weight is 312 g/mol. The molecule has 2 rings (SSSR count). The zero-order valence-electron chi connectivity index (χ0n) is 9.87. The van der Waals surface area contributed by atoms with Gasteiger partial charge in [0, 0.05) is 18.8 Å². The van der Waals surface area contributed by atoms with Crippen molar-refractivity contribution in [3.8, 4) is 11.6 Å². The third-order valence-electron chi connectivity index (χ3n) is 2.25. The number of hydrogen-bond acceptors (Lipinski definition) is 4. The van der Waals surface area contributed by atoms with E-state index in [2.05, 4.69) is 31.2 Å². The molecule has 0 amide bonds. The molecule has 0 atom stereocenters. The van der Waals surface area contributed by atoms with Crippen molar-refractivity contribution >= 4 is 21.9 Å². The molecule has 0 aliphatic heterocycles. The number of anilines is 1. The Kier molecular flexibility index (Phi) is 3.76. The molecule has 0 fully saturated rings. The fourth-order valence-electron chi connectivity index (χ4n) is 1.31. The maximum atomic E-state index is 13.0. The summed E-state index contributed by atoms with van der Waals surface area (Å²) in [6.45, 7) is 1.84. The molecule has 0 aliphatic carbocycles. The van der Waals surface area contributed by atoms with Gasteiger partial charge in [-0.05, 0) is 41.1 Å². The van der Waals surface area contributed by atoms with Crippen LogP contribution in [0.1, 0.15) is 5.56 Å². The number of benzene rings is 1. The summed E-state index contributed by atoms with van der Waals surface area (Å²) in [5.41, 5.74) is 0.797. The fraction of sp³-hybridized carbons (Fsp3) is 0.167. The van der Waals surface area contributed by atoms with Crippen molar-refractivity contribution < 1.29 is 9.13 Å². The topological polar surface area (TPSA) is 47.0 Å². The van der Waals surface area contributed by atoms with E-state index in [1.165, 1.54) is 12.1 Å². The molecule has 0 aliphatic rings. The van der Waals surface area contributed by atoms with Gasteiger partial charge >= 0.3 is 0 Å². The van der Waals surface area contributed by atoms with Crippen molar-refractivity contribution in [2.75, 3.05) is 12.4 Å². The fourth-order valence-corrected chi connectivity index (χ4v) is 1.74. The highest BCUT2D eigenvalue weighted by Crippen LogP contribution is 2.30. The largest absolute Gasteiger partial charge is 0.437 e. The van der Waals surface area contributed by atoms with Gasteiger partial charge in [-0.1, -0.05) is 0 Å². The minimum absolute atomic E-state index is 0.329. The molecule has 1 N–H and O–H groups in total. The van der Waals surface area contributed by atoms with Gasteiger partial charge < -0.3 is 10.1 Å². The summed E-state index contributed by atoms with van der Waals surface area (Å²) in [4.78, 5) is 8.25. The lowest BCUT2D eigenvalue weighted by Crippen LogP contribution is -2.00. The van der Waals surface area contributed by atoms with Gasteiger partial charge in [0.05, 0.1) is 4.47 Å². The van der Waals surface area contributed by atoms with Crippen molar-refractivity contribution in [2.24, 2.45) is 0 Å². The summed E-state index contributed by atoms with van der Waals surface area (Å²) in [6.07, 6.45) is 1.66. The maximum Gasteiger partial charge on any atom is 0.227 e. The summed E-state index contributed by atoms with van der Waals surface area (Å²) in [7, 11) is 1.72. The zero-order chi connectivity index (χ0) is 13.1.